The summed E-state index contributed by atoms with van der Waals surface area (Å²) in [7, 11) is 0. The summed E-state index contributed by atoms with van der Waals surface area (Å²) in [6.07, 6.45) is 3.30. The Labute approximate surface area is 55.5 Å². The van der Waals surface area contributed by atoms with E-state index in [-0.39, 0.29) is 0 Å². The van der Waals surface area contributed by atoms with Crippen molar-refractivity contribution in [1.82, 2.24) is 10.1 Å². The number of hydrogen-bond acceptors (Lipinski definition) is 4. The van der Waals surface area contributed by atoms with Crippen molar-refractivity contribution >= 4 is 23.7 Å². The van der Waals surface area contributed by atoms with Crippen LogP contribution in [0.1, 0.15) is 0 Å². The first-order valence-corrected chi connectivity index (χ1v) is 4.00. The van der Waals surface area contributed by atoms with Crippen LogP contribution in [0.4, 0.5) is 4.48 Å². The summed E-state index contributed by atoms with van der Waals surface area (Å²) in [4.78, 5) is 2.39. The van der Waals surface area contributed by atoms with E-state index in [4.69, 9.17) is 0 Å². The van der Waals surface area contributed by atoms with Gasteiger partial charge in [-0.2, -0.15) is 0 Å². The number of halogens is 1. The van der Waals surface area contributed by atoms with Crippen LogP contribution >= 0.6 is 23.7 Å². The third kappa shape index (κ3) is 1.30. The predicted molar refractivity (Wildman–Crippen MR) is 35.3 cm³/mol. The smallest absolute Gasteiger partial charge is 0.0774 e. The Bertz CT molecular complexity index is 116. The number of rotatable bonds is 1. The maximum Gasteiger partial charge on any atom is 0.0774 e. The SMILES string of the molecule is CSC1=CN(F)NS1. The summed E-state index contributed by atoms with van der Waals surface area (Å²) in [6, 6.07) is 0. The molecule has 1 N–H and O–H groups in total. The van der Waals surface area contributed by atoms with Gasteiger partial charge < -0.3 is 0 Å². The van der Waals surface area contributed by atoms with Crippen molar-refractivity contribution in [2.75, 3.05) is 6.26 Å². The first kappa shape index (κ1) is 6.25. The second-order valence-electron chi connectivity index (χ2n) is 1.16. The van der Waals surface area contributed by atoms with Crippen molar-refractivity contribution in [3.63, 3.8) is 0 Å². The van der Waals surface area contributed by atoms with Crippen molar-refractivity contribution in [2.24, 2.45) is 0 Å². The monoisotopic (exact) mass is 152 g/mol. The van der Waals surface area contributed by atoms with Crippen LogP contribution in [0, 0.1) is 0 Å². The zero-order valence-corrected chi connectivity index (χ0v) is 5.85. The Morgan fingerprint density at radius 2 is 2.75 bits per heavy atom. The highest BCUT2D eigenvalue weighted by molar-refractivity contribution is 8.21. The van der Waals surface area contributed by atoms with Crippen LogP contribution in [0.15, 0.2) is 10.4 Å². The third-order valence-electron chi connectivity index (χ3n) is 0.653. The van der Waals surface area contributed by atoms with E-state index in [1.807, 2.05) is 6.26 Å². The van der Waals surface area contributed by atoms with Crippen molar-refractivity contribution in [3.05, 3.63) is 10.4 Å². The summed E-state index contributed by atoms with van der Waals surface area (Å²) < 4.78 is 12.9. The zero-order valence-electron chi connectivity index (χ0n) is 4.22. The Kier molecular flexibility index (Phi) is 2.04. The Morgan fingerprint density at radius 3 is 3.00 bits per heavy atom. The molecule has 0 fully saturated rings. The Balaban J connectivity index is 2.44. The molecule has 0 aliphatic carbocycles. The molecule has 0 atom stereocenters. The molecule has 5 heteroatoms. The molecule has 0 bridgehead atoms. The minimum atomic E-state index is 0.441. The largest absolute Gasteiger partial charge is 0.143 e. The van der Waals surface area contributed by atoms with E-state index in [0.717, 1.165) is 4.24 Å². The molecule has 0 aromatic heterocycles. The highest BCUT2D eigenvalue weighted by Gasteiger charge is 2.09. The van der Waals surface area contributed by atoms with E-state index in [1.165, 1.54) is 29.9 Å². The van der Waals surface area contributed by atoms with E-state index >= 15 is 0 Å². The topological polar surface area (TPSA) is 15.3 Å². The molecule has 0 aromatic rings. The van der Waals surface area contributed by atoms with Crippen molar-refractivity contribution in [1.29, 1.82) is 0 Å². The fraction of sp³-hybridized carbons (Fsp3) is 0.333. The lowest BCUT2D eigenvalue weighted by molar-refractivity contribution is 0.0713. The van der Waals surface area contributed by atoms with Gasteiger partial charge in [0.2, 0.25) is 0 Å². The second-order valence-corrected chi connectivity index (χ2v) is 3.09. The quantitative estimate of drug-likeness (QED) is 0.452. The molecule has 0 saturated carbocycles. The van der Waals surface area contributed by atoms with Gasteiger partial charge >= 0.3 is 0 Å². The van der Waals surface area contributed by atoms with E-state index in [0.29, 0.717) is 5.23 Å². The molecule has 1 heterocycles. The number of thioether (sulfide) groups is 1. The number of hydrogen-bond donors (Lipinski definition) is 1. The van der Waals surface area contributed by atoms with Gasteiger partial charge in [0.15, 0.2) is 0 Å². The van der Waals surface area contributed by atoms with Gasteiger partial charge in [-0.15, -0.1) is 21.8 Å². The van der Waals surface area contributed by atoms with Crippen LogP contribution in [0.3, 0.4) is 0 Å². The zero-order chi connectivity index (χ0) is 5.98. The molecule has 0 spiro atoms. The van der Waals surface area contributed by atoms with Crippen LogP contribution in [0.2, 0.25) is 0 Å². The first-order valence-electron chi connectivity index (χ1n) is 1.96. The normalized spacial score (nSPS) is 19.2. The molecule has 2 nitrogen and oxygen atoms in total. The summed E-state index contributed by atoms with van der Waals surface area (Å²) in [5, 5.41) is 0.441. The molecule has 46 valence electrons. The number of nitrogens with zero attached hydrogens (tertiary/aromatic N) is 1. The lowest BCUT2D eigenvalue weighted by atomic mass is 11.0. The van der Waals surface area contributed by atoms with E-state index in [2.05, 4.69) is 4.83 Å². The summed E-state index contributed by atoms with van der Waals surface area (Å²) in [5.74, 6) is 0. The van der Waals surface area contributed by atoms with Crippen LogP contribution in [-0.2, 0) is 0 Å². The van der Waals surface area contributed by atoms with E-state index < -0.39 is 0 Å². The maximum absolute atomic E-state index is 12.0. The van der Waals surface area contributed by atoms with Gasteiger partial charge in [-0.1, -0.05) is 4.48 Å². The minimum absolute atomic E-state index is 0.441. The van der Waals surface area contributed by atoms with Crippen LogP contribution < -0.4 is 4.83 Å². The van der Waals surface area contributed by atoms with Gasteiger partial charge in [-0.3, -0.25) is 0 Å². The number of nitrogens with one attached hydrogen (secondary N) is 1. The molecule has 0 aromatic carbocycles. The fourth-order valence-electron chi connectivity index (χ4n) is 0.328. The van der Waals surface area contributed by atoms with Crippen LogP contribution in [-0.4, -0.2) is 11.5 Å². The van der Waals surface area contributed by atoms with Crippen molar-refractivity contribution in [2.45, 2.75) is 0 Å². The molecule has 0 amide bonds. The second kappa shape index (κ2) is 2.61. The van der Waals surface area contributed by atoms with E-state index in [9.17, 15) is 4.48 Å². The lowest BCUT2D eigenvalue weighted by Crippen LogP contribution is -2.11. The lowest BCUT2D eigenvalue weighted by Gasteiger charge is -1.95. The summed E-state index contributed by atoms with van der Waals surface area (Å²) >= 11 is 2.79. The molecule has 1 aliphatic heterocycles. The molecule has 0 unspecified atom stereocenters. The van der Waals surface area contributed by atoms with Crippen LogP contribution in [0.5, 0.6) is 0 Å². The third-order valence-corrected chi connectivity index (χ3v) is 2.48. The van der Waals surface area contributed by atoms with Gasteiger partial charge in [0, 0.05) is 0 Å². The van der Waals surface area contributed by atoms with Gasteiger partial charge in [0.1, 0.15) is 0 Å². The molecular formula is C3H5FN2S2. The summed E-state index contributed by atoms with van der Waals surface area (Å²) in [5.41, 5.74) is 0. The first-order chi connectivity index (χ1) is 3.83. The molecular weight excluding hydrogens is 147 g/mol. The molecule has 0 saturated heterocycles. The van der Waals surface area contributed by atoms with Gasteiger partial charge in [0.05, 0.1) is 10.4 Å². The molecule has 1 aliphatic rings. The Hall–Kier alpha value is 0.130. The highest BCUT2D eigenvalue weighted by atomic mass is 32.2. The van der Waals surface area contributed by atoms with Gasteiger partial charge in [-0.05, 0) is 18.2 Å². The summed E-state index contributed by atoms with van der Waals surface area (Å²) in [6.45, 7) is 0. The van der Waals surface area contributed by atoms with Gasteiger partial charge in [-0.25, -0.2) is 0 Å². The number of hydrazine groups is 1. The fourth-order valence-corrected chi connectivity index (χ4v) is 1.35. The standard InChI is InChI=1S/C3H5FN2S2/c1-7-3-2-6(4)5-8-3/h2,5H,1H3. The van der Waals surface area contributed by atoms with Crippen LogP contribution in [0.25, 0.3) is 0 Å². The Morgan fingerprint density at radius 1 is 2.00 bits per heavy atom. The highest BCUT2D eigenvalue weighted by Crippen LogP contribution is 2.28. The minimum Gasteiger partial charge on any atom is -0.143 e. The molecule has 1 rings (SSSR count). The average Bonchev–Trinajstić information content (AvgIpc) is 2.14. The molecule has 0 radical (unpaired) electrons. The van der Waals surface area contributed by atoms with E-state index in [1.54, 1.807) is 0 Å². The maximum atomic E-state index is 12.0. The van der Waals surface area contributed by atoms with Crippen molar-refractivity contribution < 1.29 is 4.48 Å². The average molecular weight is 152 g/mol. The van der Waals surface area contributed by atoms with Crippen molar-refractivity contribution in [3.8, 4) is 0 Å². The van der Waals surface area contributed by atoms with Gasteiger partial charge in [0.25, 0.3) is 0 Å². The molecule has 8 heavy (non-hydrogen) atoms. The predicted octanol–water partition coefficient (Wildman–Crippen LogP) is 1.50.